The highest BCUT2D eigenvalue weighted by Gasteiger charge is 2.23. The predicted octanol–water partition coefficient (Wildman–Crippen LogP) is 4.69. The quantitative estimate of drug-likeness (QED) is 0.103. The van der Waals surface area contributed by atoms with Gasteiger partial charge in [-0.05, 0) is 59.7 Å². The Hall–Kier alpha value is -4.70. The number of nitrogens with zero attached hydrogens (tertiary/aromatic N) is 2. The largest absolute Gasteiger partial charge is 0.491 e. The van der Waals surface area contributed by atoms with E-state index in [9.17, 15) is 27.9 Å². The molecule has 0 bridgehead atoms. The number of carboxylic acid groups (broad SMARTS) is 1. The van der Waals surface area contributed by atoms with Gasteiger partial charge in [0.1, 0.15) is 23.1 Å². The number of carbonyl (C=O) groups is 2. The molecule has 0 fully saturated rings. The average Bonchev–Trinajstić information content (AvgIpc) is 3.54. The zero-order valence-corrected chi connectivity index (χ0v) is 26.0. The first-order chi connectivity index (χ1) is 22.8. The van der Waals surface area contributed by atoms with Crippen molar-refractivity contribution in [3.05, 3.63) is 130 Å². The summed E-state index contributed by atoms with van der Waals surface area (Å²) in [6.07, 6.45) is -1.80. The van der Waals surface area contributed by atoms with Crippen molar-refractivity contribution in [2.45, 2.75) is 12.6 Å². The summed E-state index contributed by atoms with van der Waals surface area (Å²) < 4.78 is 45.9. The first-order valence-electron chi connectivity index (χ1n) is 13.9. The van der Waals surface area contributed by atoms with Crippen LogP contribution in [0.15, 0.2) is 95.5 Å². The van der Waals surface area contributed by atoms with Gasteiger partial charge in [0.05, 0.1) is 6.54 Å². The summed E-state index contributed by atoms with van der Waals surface area (Å²) in [6.45, 7) is -0.469. The number of amides is 1. The second kappa shape index (κ2) is 16.4. The van der Waals surface area contributed by atoms with Crippen molar-refractivity contribution in [2.24, 2.45) is 0 Å². The lowest BCUT2D eigenvalue weighted by Gasteiger charge is -2.24. The maximum atomic E-state index is 14.2. The monoisotopic (exact) mass is 701 g/mol. The van der Waals surface area contributed by atoms with Crippen molar-refractivity contribution in [2.75, 3.05) is 6.54 Å². The van der Waals surface area contributed by atoms with Crippen LogP contribution in [0.4, 0.5) is 13.2 Å². The number of hydrogen-bond acceptors (Lipinski definition) is 8. The summed E-state index contributed by atoms with van der Waals surface area (Å²) in [5.41, 5.74) is 3.99. The van der Waals surface area contributed by atoms with Crippen LogP contribution in [0.2, 0.25) is 10.0 Å². The first kappa shape index (κ1) is 36.1. The Morgan fingerprint density at radius 3 is 2.10 bits per heavy atom. The molecule has 4 aromatic carbocycles. The van der Waals surface area contributed by atoms with E-state index in [4.69, 9.17) is 42.9 Å². The number of carbonyl (C=O) groups excluding carboxylic acids is 1. The average molecular weight is 702 g/mol. The molecular formula is C32H25BCl2F3N3O7. The molecule has 1 heterocycles. The van der Waals surface area contributed by atoms with Gasteiger partial charge in [-0.1, -0.05) is 64.8 Å². The van der Waals surface area contributed by atoms with Crippen LogP contribution >= 0.6 is 23.2 Å². The number of nitrogens with one attached hydrogen (secondary N) is 1. The van der Waals surface area contributed by atoms with Crippen molar-refractivity contribution in [1.29, 1.82) is 0 Å². The number of halogens is 5. The summed E-state index contributed by atoms with van der Waals surface area (Å²) >= 11 is 11.4. The zero-order valence-electron chi connectivity index (χ0n) is 24.5. The maximum absolute atomic E-state index is 14.2. The van der Waals surface area contributed by atoms with Crippen molar-refractivity contribution >= 4 is 47.7 Å². The maximum Gasteiger partial charge on any atom is 0.491 e. The Bertz CT molecular complexity index is 1900. The van der Waals surface area contributed by atoms with Crippen molar-refractivity contribution in [3.8, 4) is 22.4 Å². The topological polar surface area (TPSA) is 156 Å². The second-order valence-electron chi connectivity index (χ2n) is 10.1. The standard InChI is InChI=1S/C26H20ClF2N3O5.C6H5BClFO2/c27-17-9-10-21(29)19(11-17)16-7-5-15(6-8-16)13-32(14-23(33)26(35)36)30-25(34)24-12-22(31-37-24)18-3-1-2-4-20(18)28;8-4-1-2-6(9)5(3-4)7(10)11/h1-12,23,33H,13-14H2,(H,30,34)(H,35,36);1-3,10-11H/t23-;/m1./s1. The number of hydrogen-bond donors (Lipinski definition) is 5. The van der Waals surface area contributed by atoms with Crippen LogP contribution < -0.4 is 10.9 Å². The molecule has 16 heteroatoms. The number of aliphatic hydroxyl groups is 1. The molecule has 0 saturated carbocycles. The lowest BCUT2D eigenvalue weighted by molar-refractivity contribution is -0.148. The molecule has 10 nitrogen and oxygen atoms in total. The molecule has 0 saturated heterocycles. The molecule has 5 N–H and O–H groups in total. The minimum atomic E-state index is -1.81. The van der Waals surface area contributed by atoms with E-state index < -0.39 is 49.1 Å². The first-order valence-corrected chi connectivity index (χ1v) is 14.6. The van der Waals surface area contributed by atoms with Gasteiger partial charge in [-0.3, -0.25) is 10.2 Å². The van der Waals surface area contributed by atoms with Crippen LogP contribution in [-0.2, 0) is 11.3 Å². The van der Waals surface area contributed by atoms with Gasteiger partial charge in [0.15, 0.2) is 6.10 Å². The highest BCUT2D eigenvalue weighted by molar-refractivity contribution is 6.59. The van der Waals surface area contributed by atoms with E-state index in [0.29, 0.717) is 21.7 Å². The smallest absolute Gasteiger partial charge is 0.479 e. The Kier molecular flexibility index (Phi) is 12.4. The third-order valence-electron chi connectivity index (χ3n) is 6.62. The molecule has 0 aliphatic rings. The third-order valence-corrected chi connectivity index (χ3v) is 7.09. The lowest BCUT2D eigenvalue weighted by Crippen LogP contribution is -2.47. The minimum Gasteiger partial charge on any atom is -0.479 e. The van der Waals surface area contributed by atoms with Gasteiger partial charge < -0.3 is 24.8 Å². The number of benzene rings is 4. The van der Waals surface area contributed by atoms with Gasteiger partial charge in [0.25, 0.3) is 0 Å². The molecule has 0 aliphatic heterocycles. The molecule has 1 aromatic heterocycles. The van der Waals surface area contributed by atoms with Gasteiger partial charge >= 0.3 is 19.0 Å². The summed E-state index contributed by atoms with van der Waals surface area (Å²) in [5, 5.41) is 41.7. The van der Waals surface area contributed by atoms with E-state index in [1.807, 2.05) is 0 Å². The molecule has 0 radical (unpaired) electrons. The molecule has 0 aliphatic carbocycles. The molecule has 248 valence electrons. The Morgan fingerprint density at radius 1 is 0.854 bits per heavy atom. The summed E-state index contributed by atoms with van der Waals surface area (Å²) in [6, 6.07) is 21.5. The lowest BCUT2D eigenvalue weighted by atomic mass is 9.80. The van der Waals surface area contributed by atoms with Crippen LogP contribution in [-0.4, -0.2) is 62.1 Å². The van der Waals surface area contributed by atoms with E-state index in [-0.39, 0.29) is 34.0 Å². The molecular weight excluding hydrogens is 677 g/mol. The van der Waals surface area contributed by atoms with Crippen LogP contribution in [0.3, 0.4) is 0 Å². The Labute approximate surface area is 281 Å². The summed E-state index contributed by atoms with van der Waals surface area (Å²) in [5.74, 6) is -4.19. The number of aromatic nitrogens is 1. The van der Waals surface area contributed by atoms with E-state index in [2.05, 4.69) is 10.6 Å². The van der Waals surface area contributed by atoms with Gasteiger partial charge in [-0.2, -0.15) is 0 Å². The molecule has 1 amide bonds. The Morgan fingerprint density at radius 2 is 1.48 bits per heavy atom. The SMILES string of the molecule is O=C(NN(Cc1ccc(-c2cc(Cl)ccc2F)cc1)C[C@@H](O)C(=O)O)c1cc(-c2ccccc2F)no1.OB(O)c1cc(Cl)ccc1F. The predicted molar refractivity (Wildman–Crippen MR) is 171 cm³/mol. The number of carboxylic acids is 1. The zero-order chi connectivity index (χ0) is 35.0. The van der Waals surface area contributed by atoms with Crippen LogP contribution in [0.5, 0.6) is 0 Å². The summed E-state index contributed by atoms with van der Waals surface area (Å²) in [4.78, 5) is 24.0. The van der Waals surface area contributed by atoms with Gasteiger partial charge in [-0.25, -0.2) is 23.0 Å². The minimum absolute atomic E-state index is 0.0112. The Balaban J connectivity index is 0.000000401. The van der Waals surface area contributed by atoms with Crippen LogP contribution in [0.1, 0.15) is 16.1 Å². The molecule has 0 unspecified atom stereocenters. The van der Waals surface area contributed by atoms with Crippen LogP contribution in [0.25, 0.3) is 22.4 Å². The van der Waals surface area contributed by atoms with Gasteiger partial charge in [0.2, 0.25) is 5.76 Å². The number of aliphatic hydroxyl groups excluding tert-OH is 1. The third kappa shape index (κ3) is 9.67. The summed E-state index contributed by atoms with van der Waals surface area (Å²) in [7, 11) is -1.81. The second-order valence-corrected chi connectivity index (χ2v) is 11.0. The number of hydrazine groups is 1. The fourth-order valence-corrected chi connectivity index (χ4v) is 4.61. The highest BCUT2D eigenvalue weighted by atomic mass is 35.5. The van der Waals surface area contributed by atoms with E-state index in [1.165, 1.54) is 59.6 Å². The van der Waals surface area contributed by atoms with Crippen LogP contribution in [0, 0.1) is 17.5 Å². The normalized spacial score (nSPS) is 11.4. The van der Waals surface area contributed by atoms with E-state index in [1.54, 1.807) is 30.3 Å². The number of rotatable bonds is 10. The molecule has 5 rings (SSSR count). The van der Waals surface area contributed by atoms with E-state index >= 15 is 0 Å². The molecule has 5 aromatic rings. The fraction of sp³-hybridized carbons (Fsp3) is 0.0938. The highest BCUT2D eigenvalue weighted by Crippen LogP contribution is 2.27. The fourth-order valence-electron chi connectivity index (χ4n) is 4.25. The molecule has 48 heavy (non-hydrogen) atoms. The number of aliphatic carboxylic acids is 1. The van der Waals surface area contributed by atoms with E-state index in [0.717, 1.165) is 6.07 Å². The van der Waals surface area contributed by atoms with Crippen molar-refractivity contribution in [3.63, 3.8) is 0 Å². The van der Waals surface area contributed by atoms with Crippen molar-refractivity contribution < 1.29 is 47.5 Å². The van der Waals surface area contributed by atoms with Crippen molar-refractivity contribution in [1.82, 2.24) is 15.6 Å². The molecule has 1 atom stereocenters. The van der Waals surface area contributed by atoms with Gasteiger partial charge in [-0.15, -0.1) is 0 Å². The van der Waals surface area contributed by atoms with Gasteiger partial charge in [0, 0.05) is 39.2 Å². The molecule has 0 spiro atoms.